The molecule has 1 fully saturated rings. The second-order valence-corrected chi connectivity index (χ2v) is 5.67. The van der Waals surface area contributed by atoms with Gasteiger partial charge in [-0.2, -0.15) is 0 Å². The number of benzene rings is 1. The largest absolute Gasteiger partial charge is 0.314 e. The summed E-state index contributed by atoms with van der Waals surface area (Å²) in [7, 11) is 0. The number of halogens is 4. The molecule has 22 heavy (non-hydrogen) atoms. The summed E-state index contributed by atoms with van der Waals surface area (Å²) in [6, 6.07) is 3.57. The second-order valence-electron chi connectivity index (χ2n) is 5.26. The molecule has 0 amide bonds. The van der Waals surface area contributed by atoms with Crippen molar-refractivity contribution in [3.05, 3.63) is 46.8 Å². The minimum absolute atomic E-state index is 0. The van der Waals surface area contributed by atoms with Gasteiger partial charge in [-0.3, -0.25) is 4.90 Å². The molecule has 0 aliphatic carbocycles. The molecule has 0 radical (unpaired) electrons. The average Bonchev–Trinajstić information content (AvgIpc) is 2.47. The Labute approximate surface area is 149 Å². The highest BCUT2D eigenvalue weighted by Crippen LogP contribution is 2.34. The van der Waals surface area contributed by atoms with Crippen molar-refractivity contribution >= 4 is 36.4 Å². The van der Waals surface area contributed by atoms with Crippen molar-refractivity contribution in [1.29, 1.82) is 0 Å². The highest BCUT2D eigenvalue weighted by Gasteiger charge is 2.26. The zero-order valence-electron chi connectivity index (χ0n) is 12.8. The lowest BCUT2D eigenvalue weighted by Crippen LogP contribution is -2.45. The molecule has 0 saturated carbocycles. The van der Waals surface area contributed by atoms with Crippen molar-refractivity contribution in [2.24, 2.45) is 0 Å². The quantitative estimate of drug-likeness (QED) is 0.766. The Bertz CT molecular complexity index is 477. The van der Waals surface area contributed by atoms with E-state index in [9.17, 15) is 4.39 Å². The number of hydrogen-bond acceptors (Lipinski definition) is 2. The van der Waals surface area contributed by atoms with Crippen molar-refractivity contribution in [2.75, 3.05) is 26.2 Å². The summed E-state index contributed by atoms with van der Waals surface area (Å²) in [6.45, 7) is 9.29. The van der Waals surface area contributed by atoms with Gasteiger partial charge in [0.05, 0.1) is 0 Å². The third-order valence-electron chi connectivity index (χ3n) is 3.89. The molecule has 126 valence electrons. The molecule has 1 aliphatic rings. The SMILES string of the molecule is C=CCC[C@H](c1c(Cl)ccc(C)c1F)N1CCNCC1.Cl.Cl. The Kier molecular flexibility index (Phi) is 10.3. The third kappa shape index (κ3) is 5.10. The van der Waals surface area contributed by atoms with Crippen LogP contribution >= 0.6 is 36.4 Å². The van der Waals surface area contributed by atoms with E-state index in [4.69, 9.17) is 11.6 Å². The first-order valence-corrected chi connectivity index (χ1v) is 7.53. The van der Waals surface area contributed by atoms with E-state index in [0.29, 0.717) is 16.1 Å². The van der Waals surface area contributed by atoms with Crippen LogP contribution in [0, 0.1) is 12.7 Å². The summed E-state index contributed by atoms with van der Waals surface area (Å²) in [5.41, 5.74) is 1.30. The first-order valence-electron chi connectivity index (χ1n) is 7.15. The fraction of sp³-hybridized carbons (Fsp3) is 0.500. The number of allylic oxidation sites excluding steroid dienone is 1. The standard InChI is InChI=1S/C16H22ClFN2.2ClH/c1-3-4-5-14(20-10-8-19-9-11-20)15-13(17)7-6-12(2)16(15)18;;/h3,6-7,14,19H,1,4-5,8-11H2,2H3;2*1H/t14-;;/m1../s1. The summed E-state index contributed by atoms with van der Waals surface area (Å²) in [6.07, 6.45) is 3.60. The van der Waals surface area contributed by atoms with E-state index >= 15 is 0 Å². The van der Waals surface area contributed by atoms with Crippen LogP contribution in [0.15, 0.2) is 24.8 Å². The van der Waals surface area contributed by atoms with Gasteiger partial charge in [-0.25, -0.2) is 4.39 Å². The van der Waals surface area contributed by atoms with Crippen molar-refractivity contribution in [2.45, 2.75) is 25.8 Å². The molecule has 2 nitrogen and oxygen atoms in total. The molecule has 1 aromatic rings. The predicted octanol–water partition coefficient (Wildman–Crippen LogP) is 4.54. The van der Waals surface area contributed by atoms with Gasteiger partial charge in [0.2, 0.25) is 0 Å². The van der Waals surface area contributed by atoms with E-state index in [1.165, 1.54) is 0 Å². The number of piperazine rings is 1. The van der Waals surface area contributed by atoms with E-state index < -0.39 is 0 Å². The summed E-state index contributed by atoms with van der Waals surface area (Å²) in [5.74, 6) is -0.162. The molecule has 0 unspecified atom stereocenters. The molecular formula is C16H24Cl3FN2. The van der Waals surface area contributed by atoms with E-state index in [1.807, 2.05) is 6.08 Å². The molecule has 1 aliphatic heterocycles. The van der Waals surface area contributed by atoms with Crippen LogP contribution in [-0.2, 0) is 0 Å². The van der Waals surface area contributed by atoms with E-state index in [2.05, 4.69) is 16.8 Å². The molecule has 1 atom stereocenters. The molecule has 6 heteroatoms. The van der Waals surface area contributed by atoms with Crippen LogP contribution < -0.4 is 5.32 Å². The first kappa shape index (κ1) is 21.7. The fourth-order valence-corrected chi connectivity index (χ4v) is 3.03. The number of aryl methyl sites for hydroxylation is 1. The van der Waals surface area contributed by atoms with Crippen LogP contribution in [0.2, 0.25) is 5.02 Å². The Hall–Kier alpha value is -0.320. The molecule has 0 aromatic heterocycles. The average molecular weight is 370 g/mol. The van der Waals surface area contributed by atoms with Crippen LogP contribution in [0.1, 0.15) is 30.0 Å². The monoisotopic (exact) mass is 368 g/mol. The van der Waals surface area contributed by atoms with Crippen molar-refractivity contribution in [3.8, 4) is 0 Å². The van der Waals surface area contributed by atoms with Gasteiger partial charge >= 0.3 is 0 Å². The highest BCUT2D eigenvalue weighted by molar-refractivity contribution is 6.31. The van der Waals surface area contributed by atoms with Gasteiger partial charge < -0.3 is 5.32 Å². The molecule has 2 rings (SSSR count). The maximum atomic E-state index is 14.5. The van der Waals surface area contributed by atoms with Crippen LogP contribution in [-0.4, -0.2) is 31.1 Å². The number of nitrogens with one attached hydrogen (secondary N) is 1. The maximum absolute atomic E-state index is 14.5. The van der Waals surface area contributed by atoms with Gasteiger partial charge in [-0.05, 0) is 31.4 Å². The fourth-order valence-electron chi connectivity index (χ4n) is 2.76. The van der Waals surface area contributed by atoms with Crippen LogP contribution in [0.25, 0.3) is 0 Å². The smallest absolute Gasteiger partial charge is 0.132 e. The number of hydrogen-bond donors (Lipinski definition) is 1. The molecule has 0 bridgehead atoms. The van der Waals surface area contributed by atoms with Crippen LogP contribution in [0.4, 0.5) is 4.39 Å². The Morgan fingerprint density at radius 3 is 2.59 bits per heavy atom. The van der Waals surface area contributed by atoms with Gasteiger partial charge in [-0.15, -0.1) is 31.4 Å². The number of rotatable bonds is 5. The van der Waals surface area contributed by atoms with E-state index in [-0.39, 0.29) is 36.7 Å². The van der Waals surface area contributed by atoms with Crippen LogP contribution in [0.3, 0.4) is 0 Å². The lowest BCUT2D eigenvalue weighted by Gasteiger charge is -2.36. The maximum Gasteiger partial charge on any atom is 0.132 e. The second kappa shape index (κ2) is 10.5. The van der Waals surface area contributed by atoms with Crippen molar-refractivity contribution in [3.63, 3.8) is 0 Å². The van der Waals surface area contributed by atoms with Crippen molar-refractivity contribution in [1.82, 2.24) is 10.2 Å². The summed E-state index contributed by atoms with van der Waals surface area (Å²) < 4.78 is 14.5. The normalized spacial score (nSPS) is 16.3. The molecule has 0 spiro atoms. The van der Waals surface area contributed by atoms with Crippen molar-refractivity contribution < 1.29 is 4.39 Å². The van der Waals surface area contributed by atoms with Gasteiger partial charge in [0, 0.05) is 42.8 Å². The van der Waals surface area contributed by atoms with E-state index in [0.717, 1.165) is 39.0 Å². The minimum atomic E-state index is -0.162. The predicted molar refractivity (Wildman–Crippen MR) is 97.3 cm³/mol. The van der Waals surface area contributed by atoms with Crippen LogP contribution in [0.5, 0.6) is 0 Å². The lowest BCUT2D eigenvalue weighted by molar-refractivity contribution is 0.163. The summed E-state index contributed by atoms with van der Waals surface area (Å²) >= 11 is 6.29. The summed E-state index contributed by atoms with van der Waals surface area (Å²) in [4.78, 5) is 2.32. The Balaban J connectivity index is 0.00000220. The van der Waals surface area contributed by atoms with Gasteiger partial charge in [0.1, 0.15) is 5.82 Å². The molecule has 1 aromatic carbocycles. The zero-order valence-corrected chi connectivity index (χ0v) is 15.2. The summed E-state index contributed by atoms with van der Waals surface area (Å²) in [5, 5.41) is 3.86. The first-order chi connectivity index (χ1) is 9.65. The molecule has 1 N–H and O–H groups in total. The van der Waals surface area contributed by atoms with Gasteiger partial charge in [-0.1, -0.05) is 23.7 Å². The Morgan fingerprint density at radius 1 is 1.36 bits per heavy atom. The number of nitrogens with zero attached hydrogens (tertiary/aromatic N) is 1. The minimum Gasteiger partial charge on any atom is -0.314 e. The topological polar surface area (TPSA) is 15.3 Å². The Morgan fingerprint density at radius 2 is 2.00 bits per heavy atom. The molecule has 1 heterocycles. The molecule has 1 saturated heterocycles. The zero-order chi connectivity index (χ0) is 14.5. The highest BCUT2D eigenvalue weighted by atomic mass is 35.5. The molecular weight excluding hydrogens is 346 g/mol. The lowest BCUT2D eigenvalue weighted by atomic mass is 9.97. The van der Waals surface area contributed by atoms with Gasteiger partial charge in [0.25, 0.3) is 0 Å². The van der Waals surface area contributed by atoms with Gasteiger partial charge in [0.15, 0.2) is 0 Å². The van der Waals surface area contributed by atoms with E-state index in [1.54, 1.807) is 19.1 Å². The third-order valence-corrected chi connectivity index (χ3v) is 4.22.